The van der Waals surface area contributed by atoms with Crippen molar-refractivity contribution in [2.45, 2.75) is 41.5 Å². The van der Waals surface area contributed by atoms with Gasteiger partial charge in [0.05, 0.1) is 33.1 Å². The zero-order chi connectivity index (χ0) is 27.0. The van der Waals surface area contributed by atoms with E-state index in [9.17, 15) is 0 Å². The SMILES string of the molecule is Cc1cc2nc(-c3cc(-c4nc5cc(C)c(C)cc5[nH]4)cc(-c4nc5cc(C)c(C)cc5[nH]4)c3)[nH]c2cc1C. The highest BCUT2D eigenvalue weighted by atomic mass is 14.9. The molecule has 3 N–H and O–H groups in total. The molecule has 0 saturated heterocycles. The van der Waals surface area contributed by atoms with Gasteiger partial charge in [0.25, 0.3) is 0 Å². The Balaban J connectivity index is 1.45. The third-order valence-electron chi connectivity index (χ3n) is 8.05. The standard InChI is InChI=1S/C33H30N6/c1-16-7-25-26(8-17(16)2)35-31(34-25)22-13-23(32-36-27-9-18(3)19(4)10-28(27)37-32)15-24(14-22)33-38-29-11-20(5)21(6)12-30(29)39-33/h7-15H,1-6H3,(H,34,35)(H,36,37)(H,38,39). The van der Waals surface area contributed by atoms with Crippen molar-refractivity contribution in [3.8, 4) is 34.2 Å². The van der Waals surface area contributed by atoms with E-state index < -0.39 is 0 Å². The monoisotopic (exact) mass is 510 g/mol. The van der Waals surface area contributed by atoms with E-state index in [0.29, 0.717) is 0 Å². The molecule has 0 radical (unpaired) electrons. The molecule has 4 aromatic carbocycles. The first kappa shape index (κ1) is 23.4. The van der Waals surface area contributed by atoms with Gasteiger partial charge in [0.1, 0.15) is 17.5 Å². The number of rotatable bonds is 3. The molecule has 39 heavy (non-hydrogen) atoms. The molecule has 6 heteroatoms. The van der Waals surface area contributed by atoms with Crippen molar-refractivity contribution >= 4 is 33.1 Å². The number of aryl methyl sites for hydroxylation is 6. The minimum absolute atomic E-state index is 0.823. The van der Waals surface area contributed by atoms with Gasteiger partial charge < -0.3 is 15.0 Å². The average molecular weight is 511 g/mol. The molecule has 0 fully saturated rings. The summed E-state index contributed by atoms with van der Waals surface area (Å²) in [5.74, 6) is 2.47. The molecule has 0 spiro atoms. The van der Waals surface area contributed by atoms with Gasteiger partial charge in [0, 0.05) is 16.7 Å². The minimum Gasteiger partial charge on any atom is -0.338 e. The number of aromatic nitrogens is 6. The molecule has 6 nitrogen and oxygen atoms in total. The van der Waals surface area contributed by atoms with Crippen molar-refractivity contribution in [1.29, 1.82) is 0 Å². The van der Waals surface area contributed by atoms with Crippen LogP contribution in [0, 0.1) is 41.5 Å². The van der Waals surface area contributed by atoms with Gasteiger partial charge in [0.2, 0.25) is 0 Å². The van der Waals surface area contributed by atoms with E-state index in [2.05, 4.69) is 111 Å². The van der Waals surface area contributed by atoms with E-state index in [0.717, 1.165) is 67.3 Å². The molecular weight excluding hydrogens is 480 g/mol. The molecule has 192 valence electrons. The summed E-state index contributed by atoms with van der Waals surface area (Å²) in [6.07, 6.45) is 0. The van der Waals surface area contributed by atoms with Gasteiger partial charge in [-0.2, -0.15) is 0 Å². The van der Waals surface area contributed by atoms with Gasteiger partial charge in [-0.3, -0.25) is 0 Å². The zero-order valence-corrected chi connectivity index (χ0v) is 23.0. The number of hydrogen-bond acceptors (Lipinski definition) is 3. The van der Waals surface area contributed by atoms with Crippen LogP contribution in [0.5, 0.6) is 0 Å². The first-order valence-electron chi connectivity index (χ1n) is 13.3. The Bertz CT molecular complexity index is 1720. The van der Waals surface area contributed by atoms with Gasteiger partial charge in [-0.25, -0.2) is 15.0 Å². The molecule has 3 heterocycles. The van der Waals surface area contributed by atoms with E-state index in [-0.39, 0.29) is 0 Å². The van der Waals surface area contributed by atoms with Crippen LogP contribution in [0.25, 0.3) is 67.3 Å². The number of aromatic amines is 3. The number of H-pyrrole nitrogens is 3. The molecule has 0 unspecified atom stereocenters. The Morgan fingerprint density at radius 2 is 0.615 bits per heavy atom. The molecule has 7 rings (SSSR count). The first-order valence-corrected chi connectivity index (χ1v) is 13.3. The van der Waals surface area contributed by atoms with Crippen LogP contribution in [0.15, 0.2) is 54.6 Å². The number of nitrogens with one attached hydrogen (secondary N) is 3. The second kappa shape index (κ2) is 8.40. The van der Waals surface area contributed by atoms with E-state index in [1.165, 1.54) is 33.4 Å². The van der Waals surface area contributed by atoms with E-state index in [4.69, 9.17) is 15.0 Å². The highest BCUT2D eigenvalue weighted by Gasteiger charge is 2.16. The summed E-state index contributed by atoms with van der Waals surface area (Å²) in [5.41, 5.74) is 16.4. The number of hydrogen-bond donors (Lipinski definition) is 3. The molecular formula is C33H30N6. The second-order valence-electron chi connectivity index (χ2n) is 10.9. The van der Waals surface area contributed by atoms with Crippen LogP contribution in [0.2, 0.25) is 0 Å². The van der Waals surface area contributed by atoms with Crippen LogP contribution in [0.4, 0.5) is 0 Å². The predicted octanol–water partition coefficient (Wildman–Crippen LogP) is 8.17. The summed E-state index contributed by atoms with van der Waals surface area (Å²) in [6.45, 7) is 12.8. The third-order valence-corrected chi connectivity index (χ3v) is 8.05. The molecule has 0 atom stereocenters. The van der Waals surface area contributed by atoms with Crippen molar-refractivity contribution < 1.29 is 0 Å². The van der Waals surface area contributed by atoms with Crippen LogP contribution in [-0.2, 0) is 0 Å². The summed E-state index contributed by atoms with van der Waals surface area (Å²) >= 11 is 0. The van der Waals surface area contributed by atoms with Crippen molar-refractivity contribution in [2.24, 2.45) is 0 Å². The predicted molar refractivity (Wildman–Crippen MR) is 160 cm³/mol. The van der Waals surface area contributed by atoms with Crippen LogP contribution in [0.1, 0.15) is 33.4 Å². The summed E-state index contributed by atoms with van der Waals surface area (Å²) in [4.78, 5) is 25.6. The lowest BCUT2D eigenvalue weighted by Crippen LogP contribution is -1.89. The molecule has 0 amide bonds. The summed E-state index contributed by atoms with van der Waals surface area (Å²) in [6, 6.07) is 19.4. The molecule has 0 aliphatic rings. The lowest BCUT2D eigenvalue weighted by Gasteiger charge is -2.06. The maximum Gasteiger partial charge on any atom is 0.138 e. The largest absolute Gasteiger partial charge is 0.338 e. The molecule has 0 aliphatic carbocycles. The first-order chi connectivity index (χ1) is 18.7. The molecule has 7 aromatic rings. The van der Waals surface area contributed by atoms with E-state index in [1.807, 2.05) is 0 Å². The number of fused-ring (bicyclic) bond motifs is 3. The molecule has 0 saturated carbocycles. The van der Waals surface area contributed by atoms with Crippen LogP contribution < -0.4 is 0 Å². The summed E-state index contributed by atoms with van der Waals surface area (Å²) in [5, 5.41) is 0. The van der Waals surface area contributed by atoms with Crippen LogP contribution in [0.3, 0.4) is 0 Å². The average Bonchev–Trinajstić information content (AvgIpc) is 3.61. The Hall–Kier alpha value is -4.71. The quantitative estimate of drug-likeness (QED) is 0.224. The number of benzene rings is 4. The highest BCUT2D eigenvalue weighted by Crippen LogP contribution is 2.33. The highest BCUT2D eigenvalue weighted by molar-refractivity contribution is 5.87. The van der Waals surface area contributed by atoms with Gasteiger partial charge in [0.15, 0.2) is 0 Å². The van der Waals surface area contributed by atoms with Gasteiger partial charge in [-0.05, 0) is 130 Å². The smallest absolute Gasteiger partial charge is 0.138 e. The molecule has 0 aliphatic heterocycles. The molecule has 3 aromatic heterocycles. The fourth-order valence-electron chi connectivity index (χ4n) is 5.26. The lowest BCUT2D eigenvalue weighted by molar-refractivity contribution is 1.29. The maximum absolute atomic E-state index is 4.97. The summed E-state index contributed by atoms with van der Waals surface area (Å²) < 4.78 is 0. The van der Waals surface area contributed by atoms with E-state index in [1.54, 1.807) is 0 Å². The number of nitrogens with zero attached hydrogens (tertiary/aromatic N) is 3. The number of imidazole rings is 3. The zero-order valence-electron chi connectivity index (χ0n) is 23.0. The normalized spacial score (nSPS) is 11.8. The van der Waals surface area contributed by atoms with Gasteiger partial charge in [-0.1, -0.05) is 0 Å². The Kier molecular flexibility index (Phi) is 5.04. The van der Waals surface area contributed by atoms with Crippen molar-refractivity contribution in [3.63, 3.8) is 0 Å². The Morgan fingerprint density at radius 3 is 0.897 bits per heavy atom. The second-order valence-corrected chi connectivity index (χ2v) is 10.9. The fourth-order valence-corrected chi connectivity index (χ4v) is 5.26. The Morgan fingerprint density at radius 1 is 0.359 bits per heavy atom. The fraction of sp³-hybridized carbons (Fsp3) is 0.182. The maximum atomic E-state index is 4.97. The summed E-state index contributed by atoms with van der Waals surface area (Å²) in [7, 11) is 0. The minimum atomic E-state index is 0.823. The van der Waals surface area contributed by atoms with Crippen molar-refractivity contribution in [1.82, 2.24) is 29.9 Å². The lowest BCUT2D eigenvalue weighted by atomic mass is 10.0. The Labute approximate surface area is 226 Å². The van der Waals surface area contributed by atoms with Crippen molar-refractivity contribution in [3.05, 3.63) is 88.0 Å². The van der Waals surface area contributed by atoms with Gasteiger partial charge >= 0.3 is 0 Å². The molecule has 0 bridgehead atoms. The topological polar surface area (TPSA) is 86.0 Å². The van der Waals surface area contributed by atoms with E-state index >= 15 is 0 Å². The van der Waals surface area contributed by atoms with Gasteiger partial charge in [-0.15, -0.1) is 0 Å². The van der Waals surface area contributed by atoms with Crippen LogP contribution >= 0.6 is 0 Å². The van der Waals surface area contributed by atoms with Crippen molar-refractivity contribution in [2.75, 3.05) is 0 Å². The third kappa shape index (κ3) is 3.91. The van der Waals surface area contributed by atoms with Crippen LogP contribution in [-0.4, -0.2) is 29.9 Å².